The number of ether oxygens (including phenoxy) is 2. The van der Waals surface area contributed by atoms with E-state index in [-0.39, 0.29) is 24.7 Å². The zero-order valence-corrected chi connectivity index (χ0v) is 25.6. The summed E-state index contributed by atoms with van der Waals surface area (Å²) in [5.41, 5.74) is 0. The first kappa shape index (κ1) is 38.8. The fourth-order valence-electron chi connectivity index (χ4n) is 4.55. The molecule has 0 fully saturated rings. The van der Waals surface area contributed by atoms with Gasteiger partial charge in [0.2, 0.25) is 11.8 Å². The number of aliphatic carboxylic acids is 2. The second-order valence-corrected chi connectivity index (χ2v) is 10.7. The molecule has 0 spiro atoms. The first-order chi connectivity index (χ1) is 19.9. The van der Waals surface area contributed by atoms with Crippen LogP contribution in [0.1, 0.15) is 135 Å². The molecular weight excluding hydrogens is 528 g/mol. The van der Waals surface area contributed by atoms with Gasteiger partial charge >= 0.3 is 11.9 Å². The Hall–Kier alpha value is -2.20. The topological polar surface area (TPSA) is 151 Å². The van der Waals surface area contributed by atoms with Crippen LogP contribution >= 0.6 is 0 Å². The minimum Gasteiger partial charge on any atom is -0.481 e. The summed E-state index contributed by atoms with van der Waals surface area (Å²) in [6.07, 6.45) is 18.9. The molecule has 0 aromatic heterocycles. The molecule has 2 amide bonds. The van der Waals surface area contributed by atoms with Crippen molar-refractivity contribution in [3.8, 4) is 0 Å². The molecule has 41 heavy (non-hydrogen) atoms. The highest BCUT2D eigenvalue weighted by Crippen LogP contribution is 2.14. The van der Waals surface area contributed by atoms with E-state index >= 15 is 0 Å². The van der Waals surface area contributed by atoms with Crippen LogP contribution in [0.25, 0.3) is 0 Å². The molecule has 0 saturated heterocycles. The highest BCUT2D eigenvalue weighted by molar-refractivity contribution is 5.84. The Morgan fingerprint density at radius 1 is 0.585 bits per heavy atom. The fourth-order valence-corrected chi connectivity index (χ4v) is 4.55. The van der Waals surface area contributed by atoms with E-state index in [4.69, 9.17) is 14.6 Å². The van der Waals surface area contributed by atoms with E-state index in [2.05, 4.69) is 10.6 Å². The number of amides is 2. The van der Waals surface area contributed by atoms with Gasteiger partial charge in [-0.3, -0.25) is 14.4 Å². The van der Waals surface area contributed by atoms with Crippen molar-refractivity contribution >= 4 is 23.8 Å². The number of unbranched alkanes of at least 4 members (excludes halogenated alkanes) is 15. The smallest absolute Gasteiger partial charge is 0.326 e. The molecule has 0 rings (SSSR count). The molecule has 0 aliphatic heterocycles. The van der Waals surface area contributed by atoms with Crippen molar-refractivity contribution in [2.45, 2.75) is 141 Å². The number of hydrogen-bond acceptors (Lipinski definition) is 6. The van der Waals surface area contributed by atoms with Gasteiger partial charge in [0, 0.05) is 32.4 Å². The van der Waals surface area contributed by atoms with Crippen LogP contribution in [0.15, 0.2) is 0 Å². The highest BCUT2D eigenvalue weighted by Gasteiger charge is 2.20. The Morgan fingerprint density at radius 3 is 1.51 bits per heavy atom. The van der Waals surface area contributed by atoms with Crippen LogP contribution in [0.3, 0.4) is 0 Å². The molecule has 10 heteroatoms. The third-order valence-electron chi connectivity index (χ3n) is 6.98. The first-order valence-corrected chi connectivity index (χ1v) is 16.0. The minimum absolute atomic E-state index is 0.0216. The van der Waals surface area contributed by atoms with Crippen LogP contribution in [-0.4, -0.2) is 73.0 Å². The van der Waals surface area contributed by atoms with Crippen LogP contribution in [0.5, 0.6) is 0 Å². The lowest BCUT2D eigenvalue weighted by Crippen LogP contribution is -2.41. The maximum absolute atomic E-state index is 12.2. The molecule has 1 atom stereocenters. The lowest BCUT2D eigenvalue weighted by Gasteiger charge is -2.14. The van der Waals surface area contributed by atoms with E-state index in [0.717, 1.165) is 44.9 Å². The summed E-state index contributed by atoms with van der Waals surface area (Å²) in [7, 11) is 0. The van der Waals surface area contributed by atoms with Crippen LogP contribution in [0.4, 0.5) is 0 Å². The number of hydrogen-bond donors (Lipinski definition) is 4. The quantitative estimate of drug-likeness (QED) is 0.0765. The standard InChI is InChI=1S/C31H58N2O8/c1-2-40-25-26-41-24-23-32-28(34)22-21-27(31(38)39)33-29(35)19-17-15-13-11-9-7-5-3-4-6-8-10-12-14-16-18-20-30(36)37/h27H,2-26H2,1H3,(H,32,34)(H,33,35)(H,36,37)(H,38,39). The van der Waals surface area contributed by atoms with E-state index in [1.165, 1.54) is 57.8 Å². The summed E-state index contributed by atoms with van der Waals surface area (Å²) in [4.78, 5) is 46.1. The highest BCUT2D eigenvalue weighted by atomic mass is 16.5. The summed E-state index contributed by atoms with van der Waals surface area (Å²) in [6, 6.07) is -1.06. The summed E-state index contributed by atoms with van der Waals surface area (Å²) in [5.74, 6) is -2.37. The molecule has 0 heterocycles. The van der Waals surface area contributed by atoms with Gasteiger partial charge in [-0.1, -0.05) is 89.9 Å². The number of nitrogens with one attached hydrogen (secondary N) is 2. The van der Waals surface area contributed by atoms with E-state index in [1.54, 1.807) is 0 Å². The number of rotatable bonds is 31. The Kier molecular flexibility index (Phi) is 27.7. The molecule has 0 saturated carbocycles. The van der Waals surface area contributed by atoms with Crippen LogP contribution < -0.4 is 10.6 Å². The molecule has 0 aliphatic rings. The van der Waals surface area contributed by atoms with Crippen molar-refractivity contribution < 1.29 is 38.9 Å². The molecule has 4 N–H and O–H groups in total. The van der Waals surface area contributed by atoms with E-state index in [9.17, 15) is 24.3 Å². The lowest BCUT2D eigenvalue weighted by molar-refractivity contribution is -0.142. The van der Waals surface area contributed by atoms with Gasteiger partial charge in [0.15, 0.2) is 0 Å². The summed E-state index contributed by atoms with van der Waals surface area (Å²) in [5, 5.41) is 23.2. The lowest BCUT2D eigenvalue weighted by atomic mass is 10.0. The van der Waals surface area contributed by atoms with Gasteiger partial charge in [-0.2, -0.15) is 0 Å². The van der Waals surface area contributed by atoms with Crippen LogP contribution in [0.2, 0.25) is 0 Å². The normalized spacial score (nSPS) is 11.7. The van der Waals surface area contributed by atoms with Gasteiger partial charge < -0.3 is 30.3 Å². The second kappa shape index (κ2) is 29.3. The van der Waals surface area contributed by atoms with Crippen molar-refractivity contribution in [2.24, 2.45) is 0 Å². The van der Waals surface area contributed by atoms with Crippen molar-refractivity contribution in [3.05, 3.63) is 0 Å². The number of carbonyl (C=O) groups is 4. The molecule has 0 aromatic rings. The van der Waals surface area contributed by atoms with E-state index in [0.29, 0.717) is 45.8 Å². The Morgan fingerprint density at radius 2 is 1.05 bits per heavy atom. The van der Waals surface area contributed by atoms with E-state index < -0.39 is 18.0 Å². The number of carboxylic acids is 2. The number of carbonyl (C=O) groups excluding carboxylic acids is 2. The predicted octanol–water partition coefficient (Wildman–Crippen LogP) is 5.61. The van der Waals surface area contributed by atoms with E-state index in [1.807, 2.05) is 6.92 Å². The van der Waals surface area contributed by atoms with Gasteiger partial charge in [-0.15, -0.1) is 0 Å². The molecule has 0 bridgehead atoms. The maximum atomic E-state index is 12.2. The van der Waals surface area contributed by atoms with Crippen LogP contribution in [0, 0.1) is 0 Å². The maximum Gasteiger partial charge on any atom is 0.326 e. The number of carboxylic acid groups (broad SMARTS) is 2. The van der Waals surface area contributed by atoms with Gasteiger partial charge in [0.25, 0.3) is 0 Å². The van der Waals surface area contributed by atoms with Crippen molar-refractivity contribution in [2.75, 3.05) is 33.0 Å². The Labute approximate surface area is 247 Å². The first-order valence-electron chi connectivity index (χ1n) is 16.0. The monoisotopic (exact) mass is 586 g/mol. The SMILES string of the molecule is CCOCCOCCNC(=O)CCC(NC(=O)CCCCCCCCCCCCCCCCCCC(=O)O)C(=O)O. The third-order valence-corrected chi connectivity index (χ3v) is 6.98. The van der Waals surface area contributed by atoms with Gasteiger partial charge in [-0.05, 0) is 26.2 Å². The zero-order valence-electron chi connectivity index (χ0n) is 25.6. The predicted molar refractivity (Wildman–Crippen MR) is 160 cm³/mol. The molecular formula is C31H58N2O8. The molecule has 240 valence electrons. The van der Waals surface area contributed by atoms with Gasteiger partial charge in [0.1, 0.15) is 6.04 Å². The molecule has 0 aromatic carbocycles. The van der Waals surface area contributed by atoms with Gasteiger partial charge in [0.05, 0.1) is 19.8 Å². The average Bonchev–Trinajstić information content (AvgIpc) is 2.93. The van der Waals surface area contributed by atoms with Crippen LogP contribution in [-0.2, 0) is 28.7 Å². The average molecular weight is 587 g/mol. The summed E-state index contributed by atoms with van der Waals surface area (Å²) >= 11 is 0. The van der Waals surface area contributed by atoms with Crippen molar-refractivity contribution in [1.29, 1.82) is 0 Å². The Balaban J connectivity index is 3.59. The molecule has 0 aliphatic carbocycles. The second-order valence-electron chi connectivity index (χ2n) is 10.7. The zero-order chi connectivity index (χ0) is 30.4. The molecule has 0 radical (unpaired) electrons. The molecule has 10 nitrogen and oxygen atoms in total. The molecule has 1 unspecified atom stereocenters. The minimum atomic E-state index is -1.13. The fraction of sp³-hybridized carbons (Fsp3) is 0.871. The largest absolute Gasteiger partial charge is 0.481 e. The Bertz CT molecular complexity index is 675. The summed E-state index contributed by atoms with van der Waals surface area (Å²) < 4.78 is 10.5. The van der Waals surface area contributed by atoms with Crippen molar-refractivity contribution in [1.82, 2.24) is 10.6 Å². The van der Waals surface area contributed by atoms with Gasteiger partial charge in [-0.25, -0.2) is 4.79 Å². The summed E-state index contributed by atoms with van der Waals surface area (Å²) in [6.45, 7) is 4.21. The van der Waals surface area contributed by atoms with Crippen molar-refractivity contribution in [3.63, 3.8) is 0 Å². The third kappa shape index (κ3) is 29.1.